The zero-order valence-corrected chi connectivity index (χ0v) is 13.3. The average molecular weight is 289 g/mol. The number of ether oxygens (including phenoxy) is 2. The molecule has 0 amide bonds. The van der Waals surface area contributed by atoms with Crippen LogP contribution in [0.2, 0.25) is 25.7 Å². The summed E-state index contributed by atoms with van der Waals surface area (Å²) in [6.45, 7) is 10.2. The molecule has 0 saturated heterocycles. The lowest BCUT2D eigenvalue weighted by molar-refractivity contribution is -0.130. The number of para-hydroxylation sites is 1. The van der Waals surface area contributed by atoms with Crippen LogP contribution in [0.25, 0.3) is 0 Å². The second-order valence-electron chi connectivity index (χ2n) is 5.68. The van der Waals surface area contributed by atoms with Crippen LogP contribution >= 0.6 is 0 Å². The number of nitriles is 1. The van der Waals surface area contributed by atoms with Crippen LogP contribution in [0.1, 0.15) is 5.56 Å². The van der Waals surface area contributed by atoms with E-state index >= 15 is 0 Å². The van der Waals surface area contributed by atoms with Crippen LogP contribution in [0.4, 0.5) is 0 Å². The molecule has 0 aliphatic heterocycles. The third-order valence-corrected chi connectivity index (χ3v) is 4.03. The Hall–Kier alpha value is -2.06. The normalized spacial score (nSPS) is 10.6. The summed E-state index contributed by atoms with van der Waals surface area (Å²) in [6.07, 6.45) is 0. The van der Waals surface area contributed by atoms with E-state index in [1.165, 1.54) is 7.11 Å². The number of esters is 1. The van der Waals surface area contributed by atoms with E-state index in [-0.39, 0.29) is 11.3 Å². The van der Waals surface area contributed by atoms with Crippen molar-refractivity contribution >= 4 is 14.0 Å². The number of hydrogen-bond donors (Lipinski definition) is 0. The number of rotatable bonds is 5. The molecule has 0 bridgehead atoms. The molecule has 4 nitrogen and oxygen atoms in total. The Morgan fingerprint density at radius 3 is 2.55 bits per heavy atom. The SMILES string of the molecule is C=C(C[Si](C)(C)C)C(=O)Oc1c(C#N)cccc1OC. The predicted molar refractivity (Wildman–Crippen MR) is 80.6 cm³/mol. The van der Waals surface area contributed by atoms with E-state index in [2.05, 4.69) is 26.2 Å². The highest BCUT2D eigenvalue weighted by molar-refractivity contribution is 6.77. The van der Waals surface area contributed by atoms with Crippen LogP contribution in [0.3, 0.4) is 0 Å². The maximum Gasteiger partial charge on any atom is 0.338 e. The minimum atomic E-state index is -1.44. The Bertz CT molecular complexity index is 567. The summed E-state index contributed by atoms with van der Waals surface area (Å²) in [5, 5.41) is 9.06. The largest absolute Gasteiger partial charge is 0.493 e. The first-order valence-electron chi connectivity index (χ1n) is 6.25. The fourth-order valence-corrected chi connectivity index (χ4v) is 3.17. The lowest BCUT2D eigenvalue weighted by atomic mass is 10.2. The maximum absolute atomic E-state index is 12.1. The number of hydrogen-bond acceptors (Lipinski definition) is 4. The zero-order valence-electron chi connectivity index (χ0n) is 12.3. The van der Waals surface area contributed by atoms with Crippen molar-refractivity contribution < 1.29 is 14.3 Å². The minimum Gasteiger partial charge on any atom is -0.493 e. The van der Waals surface area contributed by atoms with Gasteiger partial charge in [0.1, 0.15) is 6.07 Å². The van der Waals surface area contributed by atoms with Gasteiger partial charge in [-0.05, 0) is 18.2 Å². The summed E-state index contributed by atoms with van der Waals surface area (Å²) in [4.78, 5) is 12.1. The molecule has 20 heavy (non-hydrogen) atoms. The Morgan fingerprint density at radius 1 is 1.40 bits per heavy atom. The molecule has 0 aliphatic rings. The highest BCUT2D eigenvalue weighted by Crippen LogP contribution is 2.31. The van der Waals surface area contributed by atoms with Crippen molar-refractivity contribution in [3.05, 3.63) is 35.9 Å². The van der Waals surface area contributed by atoms with Gasteiger partial charge in [0.05, 0.1) is 12.7 Å². The molecule has 5 heteroatoms. The molecule has 0 N–H and O–H groups in total. The topological polar surface area (TPSA) is 59.3 Å². The van der Waals surface area contributed by atoms with Crippen molar-refractivity contribution in [1.29, 1.82) is 5.26 Å². The lowest BCUT2D eigenvalue weighted by Gasteiger charge is -2.17. The van der Waals surface area contributed by atoms with E-state index in [9.17, 15) is 4.79 Å². The number of carbonyl (C=O) groups is 1. The molecule has 0 heterocycles. The molecular weight excluding hydrogens is 270 g/mol. The Kier molecular flexibility index (Phi) is 5.11. The lowest BCUT2D eigenvalue weighted by Crippen LogP contribution is -2.24. The predicted octanol–water partition coefficient (Wildman–Crippen LogP) is 3.37. The van der Waals surface area contributed by atoms with Crippen molar-refractivity contribution in [2.24, 2.45) is 0 Å². The highest BCUT2D eigenvalue weighted by Gasteiger charge is 2.22. The molecule has 0 unspecified atom stereocenters. The third kappa shape index (κ3) is 4.25. The van der Waals surface area contributed by atoms with E-state index in [0.29, 0.717) is 17.4 Å². The minimum absolute atomic E-state index is 0.152. The van der Waals surface area contributed by atoms with Gasteiger partial charge in [-0.15, -0.1) is 0 Å². The number of carbonyl (C=O) groups excluding carboxylic acids is 1. The summed E-state index contributed by atoms with van der Waals surface area (Å²) in [7, 11) is 0.0223. The first-order valence-corrected chi connectivity index (χ1v) is 9.96. The molecule has 106 valence electrons. The van der Waals surface area contributed by atoms with E-state index < -0.39 is 14.0 Å². The average Bonchev–Trinajstić information content (AvgIpc) is 2.36. The van der Waals surface area contributed by atoms with Gasteiger partial charge < -0.3 is 9.47 Å². The zero-order chi connectivity index (χ0) is 15.3. The number of benzene rings is 1. The van der Waals surface area contributed by atoms with Gasteiger partial charge >= 0.3 is 5.97 Å². The first-order chi connectivity index (χ1) is 9.28. The van der Waals surface area contributed by atoms with E-state index in [1.807, 2.05) is 6.07 Å². The van der Waals surface area contributed by atoms with Gasteiger partial charge in [-0.2, -0.15) is 5.26 Å². The van der Waals surface area contributed by atoms with Crippen LogP contribution in [0.15, 0.2) is 30.4 Å². The van der Waals surface area contributed by atoms with Crippen molar-refractivity contribution in [2.45, 2.75) is 25.7 Å². The van der Waals surface area contributed by atoms with Crippen LogP contribution in [-0.2, 0) is 4.79 Å². The van der Waals surface area contributed by atoms with Crippen molar-refractivity contribution in [1.82, 2.24) is 0 Å². The summed E-state index contributed by atoms with van der Waals surface area (Å²) < 4.78 is 10.4. The molecule has 0 fully saturated rings. The molecule has 1 aromatic rings. The number of nitrogens with zero attached hydrogens (tertiary/aromatic N) is 1. The highest BCUT2D eigenvalue weighted by atomic mass is 28.3. The maximum atomic E-state index is 12.1. The van der Waals surface area contributed by atoms with E-state index in [4.69, 9.17) is 14.7 Å². The second-order valence-corrected chi connectivity index (χ2v) is 11.2. The standard InChI is InChI=1S/C15H19NO3Si/c1-11(10-20(3,4)5)15(17)19-14-12(9-16)7-6-8-13(14)18-2/h6-8H,1,10H2,2-5H3. The Balaban J connectivity index is 2.97. The molecule has 0 saturated carbocycles. The van der Waals surface area contributed by atoms with Crippen LogP contribution in [0, 0.1) is 11.3 Å². The van der Waals surface area contributed by atoms with Gasteiger partial charge in [-0.25, -0.2) is 4.79 Å². The van der Waals surface area contributed by atoms with Crippen LogP contribution in [0.5, 0.6) is 11.5 Å². The van der Waals surface area contributed by atoms with Gasteiger partial charge in [-0.1, -0.05) is 32.3 Å². The molecule has 0 aromatic heterocycles. The summed E-state index contributed by atoms with van der Waals surface area (Å²) in [5.74, 6) is 0.00542. The first kappa shape index (κ1) is 16.0. The third-order valence-electron chi connectivity index (χ3n) is 2.55. The smallest absolute Gasteiger partial charge is 0.338 e. The number of methoxy groups -OCH3 is 1. The molecule has 1 rings (SSSR count). The molecule has 0 spiro atoms. The van der Waals surface area contributed by atoms with Gasteiger partial charge in [-0.3, -0.25) is 0 Å². The van der Waals surface area contributed by atoms with Crippen molar-refractivity contribution in [2.75, 3.05) is 7.11 Å². The van der Waals surface area contributed by atoms with Crippen LogP contribution < -0.4 is 9.47 Å². The molecular formula is C15H19NO3Si. The second kappa shape index (κ2) is 6.39. The van der Waals surface area contributed by atoms with Gasteiger partial charge in [0.15, 0.2) is 11.5 Å². The quantitative estimate of drug-likeness (QED) is 0.361. The fourth-order valence-electron chi connectivity index (χ4n) is 1.75. The molecule has 0 aliphatic carbocycles. The fraction of sp³-hybridized carbons (Fsp3) is 0.333. The molecule has 0 atom stereocenters. The summed E-state index contributed by atoms with van der Waals surface area (Å²) >= 11 is 0. The Morgan fingerprint density at radius 2 is 2.05 bits per heavy atom. The monoisotopic (exact) mass is 289 g/mol. The van der Waals surface area contributed by atoms with Crippen molar-refractivity contribution in [3.8, 4) is 17.6 Å². The molecule has 0 radical (unpaired) electrons. The van der Waals surface area contributed by atoms with Crippen molar-refractivity contribution in [3.63, 3.8) is 0 Å². The van der Waals surface area contributed by atoms with E-state index in [1.54, 1.807) is 18.2 Å². The van der Waals surface area contributed by atoms with Gasteiger partial charge in [0, 0.05) is 13.6 Å². The van der Waals surface area contributed by atoms with Crippen LogP contribution in [-0.4, -0.2) is 21.2 Å². The van der Waals surface area contributed by atoms with Gasteiger partial charge in [0.25, 0.3) is 0 Å². The summed E-state index contributed by atoms with van der Waals surface area (Å²) in [6, 6.07) is 7.53. The molecule has 1 aromatic carbocycles. The Labute approximate surface area is 120 Å². The summed E-state index contributed by atoms with van der Waals surface area (Å²) in [5.41, 5.74) is 0.692. The van der Waals surface area contributed by atoms with Gasteiger partial charge in [0.2, 0.25) is 0 Å². The van der Waals surface area contributed by atoms with E-state index in [0.717, 1.165) is 0 Å².